The molecule has 1 aliphatic heterocycles. The minimum absolute atomic E-state index is 0.291. The number of Topliss-reactive ketones (excluding diaryl/α,β-unsaturated/α-hetero) is 3. The fraction of sp³-hybridized carbons (Fsp3) is 0.350. The van der Waals surface area contributed by atoms with Gasteiger partial charge in [-0.25, -0.2) is 0 Å². The average Bonchev–Trinajstić information content (AvgIpc) is 2.84. The number of hydrogen-bond acceptors (Lipinski definition) is 6. The number of thiophene rings is 1. The fourth-order valence-electron chi connectivity index (χ4n) is 3.72. The molecule has 132 valence electrons. The minimum atomic E-state index is -2.09. The predicted molar refractivity (Wildman–Crippen MR) is 98.6 cm³/mol. The minimum Gasteiger partial charge on any atom is -0.296 e. The normalized spacial score (nSPS) is 21.7. The topological polar surface area (TPSA) is 75.9 Å². The zero-order chi connectivity index (χ0) is 18.3. The van der Waals surface area contributed by atoms with Crippen molar-refractivity contribution in [2.24, 2.45) is 10.2 Å². The molecule has 0 fully saturated rings. The molecule has 4 rings (SSSR count). The summed E-state index contributed by atoms with van der Waals surface area (Å²) < 4.78 is 0. The quantitative estimate of drug-likeness (QED) is 0.456. The Bertz CT molecular complexity index is 945. The third-order valence-corrected chi connectivity index (χ3v) is 6.30. The second kappa shape index (κ2) is 6.36. The van der Waals surface area contributed by atoms with Crippen LogP contribution >= 0.6 is 11.3 Å². The number of carbonyl (C=O) groups excluding carboxylic acids is 3. The highest BCUT2D eigenvalue weighted by Gasteiger charge is 2.55. The Labute approximate surface area is 155 Å². The molecule has 0 spiro atoms. The van der Waals surface area contributed by atoms with Gasteiger partial charge in [0.15, 0.2) is 5.78 Å². The number of rotatable bonds is 3. The molecule has 6 heteroatoms. The number of fused-ring (bicyclic) bond motifs is 3. The van der Waals surface area contributed by atoms with E-state index in [0.29, 0.717) is 16.1 Å². The Morgan fingerprint density at radius 3 is 2.54 bits per heavy atom. The van der Waals surface area contributed by atoms with Crippen LogP contribution in [0.2, 0.25) is 0 Å². The summed E-state index contributed by atoms with van der Waals surface area (Å²) in [5.41, 5.74) is -0.381. The van der Waals surface area contributed by atoms with Gasteiger partial charge in [-0.1, -0.05) is 36.8 Å². The van der Waals surface area contributed by atoms with Crippen molar-refractivity contribution >= 4 is 33.7 Å². The van der Waals surface area contributed by atoms with E-state index in [1.807, 2.05) is 0 Å². The van der Waals surface area contributed by atoms with Gasteiger partial charge < -0.3 is 0 Å². The first-order chi connectivity index (χ1) is 12.6. The van der Waals surface area contributed by atoms with Crippen molar-refractivity contribution in [1.82, 2.24) is 0 Å². The SMILES string of the molecule is CC(=O)C1(C(=O)c2ccccc2)N=Nc2sc3c(c2C1=O)CCCCC3. The summed E-state index contributed by atoms with van der Waals surface area (Å²) in [6, 6.07) is 8.37. The van der Waals surface area contributed by atoms with E-state index >= 15 is 0 Å². The van der Waals surface area contributed by atoms with Crippen LogP contribution in [-0.4, -0.2) is 22.9 Å². The van der Waals surface area contributed by atoms with Gasteiger partial charge in [-0.05, 0) is 38.2 Å². The van der Waals surface area contributed by atoms with Gasteiger partial charge in [0, 0.05) is 10.4 Å². The number of benzene rings is 1. The predicted octanol–water partition coefficient (Wildman–Crippen LogP) is 4.51. The molecule has 0 radical (unpaired) electrons. The van der Waals surface area contributed by atoms with Gasteiger partial charge in [-0.15, -0.1) is 16.5 Å². The summed E-state index contributed by atoms with van der Waals surface area (Å²) in [4.78, 5) is 40.3. The summed E-state index contributed by atoms with van der Waals surface area (Å²) in [5, 5.41) is 8.74. The molecule has 2 aromatic rings. The van der Waals surface area contributed by atoms with Gasteiger partial charge in [0.2, 0.25) is 11.6 Å². The standard InChI is InChI=1S/C20H18N2O3S/c1-12(23)20(17(24)13-8-4-2-5-9-13)18(25)16-14-10-6-3-7-11-15(14)26-19(16)21-22-20/h2,4-5,8-9H,3,6-7,10-11H2,1H3. The lowest BCUT2D eigenvalue weighted by atomic mass is 9.78. The van der Waals surface area contributed by atoms with Crippen LogP contribution in [0.5, 0.6) is 0 Å². The molecule has 1 atom stereocenters. The summed E-state index contributed by atoms with van der Waals surface area (Å²) in [7, 11) is 0. The molecule has 0 bridgehead atoms. The maximum absolute atomic E-state index is 13.5. The first-order valence-corrected chi connectivity index (χ1v) is 9.60. The molecule has 1 aliphatic carbocycles. The Balaban J connectivity index is 1.87. The van der Waals surface area contributed by atoms with Crippen molar-refractivity contribution in [3.05, 3.63) is 51.9 Å². The van der Waals surface area contributed by atoms with E-state index < -0.39 is 22.9 Å². The van der Waals surface area contributed by atoms with Gasteiger partial charge in [-0.2, -0.15) is 5.11 Å². The Morgan fingerprint density at radius 1 is 1.08 bits per heavy atom. The van der Waals surface area contributed by atoms with Crippen LogP contribution in [0, 0.1) is 0 Å². The van der Waals surface area contributed by atoms with Crippen LogP contribution in [0.4, 0.5) is 5.00 Å². The molecule has 2 heterocycles. The maximum Gasteiger partial charge on any atom is 0.263 e. The van der Waals surface area contributed by atoms with Gasteiger partial charge in [0.1, 0.15) is 5.00 Å². The van der Waals surface area contributed by atoms with Crippen LogP contribution in [0.3, 0.4) is 0 Å². The van der Waals surface area contributed by atoms with Gasteiger partial charge >= 0.3 is 0 Å². The second-order valence-electron chi connectivity index (χ2n) is 6.74. The summed E-state index contributed by atoms with van der Waals surface area (Å²) in [6.45, 7) is 1.24. The fourth-order valence-corrected chi connectivity index (χ4v) is 4.92. The molecule has 1 aromatic carbocycles. The summed E-state index contributed by atoms with van der Waals surface area (Å²) in [6.07, 6.45) is 4.90. The largest absolute Gasteiger partial charge is 0.296 e. The van der Waals surface area contributed by atoms with E-state index in [4.69, 9.17) is 0 Å². The molecule has 0 N–H and O–H groups in total. The smallest absolute Gasteiger partial charge is 0.263 e. The molecule has 26 heavy (non-hydrogen) atoms. The highest BCUT2D eigenvalue weighted by Crippen LogP contribution is 2.45. The second-order valence-corrected chi connectivity index (χ2v) is 7.82. The Morgan fingerprint density at radius 2 is 1.81 bits per heavy atom. The Kier molecular flexibility index (Phi) is 4.15. The lowest BCUT2D eigenvalue weighted by Crippen LogP contribution is -2.51. The molecule has 2 aliphatic rings. The van der Waals surface area contributed by atoms with E-state index in [2.05, 4.69) is 10.2 Å². The number of hydrogen-bond donors (Lipinski definition) is 0. The molecule has 1 unspecified atom stereocenters. The van der Waals surface area contributed by atoms with E-state index in [0.717, 1.165) is 42.5 Å². The molecule has 0 saturated carbocycles. The lowest BCUT2D eigenvalue weighted by Gasteiger charge is -2.26. The number of azo groups is 1. The van der Waals surface area contributed by atoms with Crippen molar-refractivity contribution in [2.75, 3.05) is 0 Å². The average molecular weight is 366 g/mol. The van der Waals surface area contributed by atoms with Crippen molar-refractivity contribution in [2.45, 2.75) is 44.6 Å². The van der Waals surface area contributed by atoms with Crippen molar-refractivity contribution in [3.8, 4) is 0 Å². The van der Waals surface area contributed by atoms with E-state index in [9.17, 15) is 14.4 Å². The van der Waals surface area contributed by atoms with E-state index in [1.54, 1.807) is 30.3 Å². The Hall–Kier alpha value is -2.47. The van der Waals surface area contributed by atoms with Gasteiger partial charge in [0.25, 0.3) is 5.54 Å². The number of nitrogens with zero attached hydrogens (tertiary/aromatic N) is 2. The third kappa shape index (κ3) is 2.40. The molecule has 0 saturated heterocycles. The third-order valence-electron chi connectivity index (χ3n) is 5.12. The van der Waals surface area contributed by atoms with E-state index in [1.165, 1.54) is 18.3 Å². The number of ketones is 3. The van der Waals surface area contributed by atoms with Crippen LogP contribution in [0.15, 0.2) is 40.6 Å². The van der Waals surface area contributed by atoms with Crippen LogP contribution in [0.1, 0.15) is 57.3 Å². The highest BCUT2D eigenvalue weighted by atomic mass is 32.1. The van der Waals surface area contributed by atoms with Crippen molar-refractivity contribution < 1.29 is 14.4 Å². The lowest BCUT2D eigenvalue weighted by molar-refractivity contribution is -0.119. The molecular weight excluding hydrogens is 348 g/mol. The molecule has 1 aromatic heterocycles. The number of aryl methyl sites for hydroxylation is 1. The molecule has 5 nitrogen and oxygen atoms in total. The van der Waals surface area contributed by atoms with Crippen LogP contribution < -0.4 is 0 Å². The first kappa shape index (κ1) is 17.0. The van der Waals surface area contributed by atoms with Crippen molar-refractivity contribution in [1.29, 1.82) is 0 Å². The highest BCUT2D eigenvalue weighted by molar-refractivity contribution is 7.16. The summed E-state index contributed by atoms with van der Waals surface area (Å²) in [5.74, 6) is -1.69. The molecular formula is C20H18N2O3S. The van der Waals surface area contributed by atoms with Gasteiger partial charge in [-0.3, -0.25) is 14.4 Å². The van der Waals surface area contributed by atoms with Crippen LogP contribution in [0.25, 0.3) is 0 Å². The number of carbonyl (C=O) groups is 3. The van der Waals surface area contributed by atoms with Crippen molar-refractivity contribution in [3.63, 3.8) is 0 Å². The van der Waals surface area contributed by atoms with E-state index in [-0.39, 0.29) is 0 Å². The monoisotopic (exact) mass is 366 g/mol. The van der Waals surface area contributed by atoms with Gasteiger partial charge in [0.05, 0.1) is 5.56 Å². The first-order valence-electron chi connectivity index (χ1n) is 8.79. The zero-order valence-electron chi connectivity index (χ0n) is 14.4. The zero-order valence-corrected chi connectivity index (χ0v) is 15.3. The van der Waals surface area contributed by atoms with Crippen LogP contribution in [-0.2, 0) is 17.6 Å². The summed E-state index contributed by atoms with van der Waals surface area (Å²) >= 11 is 1.47. The maximum atomic E-state index is 13.5. The molecule has 0 amide bonds.